The second kappa shape index (κ2) is 8.49. The summed E-state index contributed by atoms with van der Waals surface area (Å²) in [4.78, 5) is 21.3. The first kappa shape index (κ1) is 17.9. The topological polar surface area (TPSA) is 60.5 Å². The molecule has 1 amide bonds. The summed E-state index contributed by atoms with van der Waals surface area (Å²) in [5.74, 6) is -0.223. The van der Waals surface area contributed by atoms with Gasteiger partial charge in [0.05, 0.1) is 0 Å². The molecule has 1 aromatic heterocycles. The van der Waals surface area contributed by atoms with Gasteiger partial charge in [0.25, 0.3) is 5.91 Å². The van der Waals surface area contributed by atoms with Crippen molar-refractivity contribution < 1.29 is 4.79 Å². The molecule has 1 aromatic carbocycles. The summed E-state index contributed by atoms with van der Waals surface area (Å²) in [6, 6.07) is 11.5. The molecule has 0 atom stereocenters. The molecule has 0 radical (unpaired) electrons. The Balaban J connectivity index is 1.61. The number of aromatic nitrogens is 1. The largest absolute Gasteiger partial charge is 0.381 e. The number of likely N-dealkylation sites (N-methyl/N-ethyl adjacent to an activating group) is 1. The summed E-state index contributed by atoms with van der Waals surface area (Å²) in [6.45, 7) is 8.50. The molecule has 136 valence electrons. The number of rotatable bonds is 6. The molecule has 6 heteroatoms. The molecular weight excluding hydrogens is 326 g/mol. The smallest absolute Gasteiger partial charge is 0.274 e. The maximum Gasteiger partial charge on any atom is 0.274 e. The van der Waals surface area contributed by atoms with Gasteiger partial charge in [-0.05, 0) is 43.4 Å². The number of hydrogen-bond acceptors (Lipinski definition) is 5. The molecule has 1 saturated heterocycles. The summed E-state index contributed by atoms with van der Waals surface area (Å²) in [5.41, 5.74) is 3.17. The number of hydrogen-bond donors (Lipinski definition) is 2. The number of benzene rings is 1. The lowest BCUT2D eigenvalue weighted by Crippen LogP contribution is -2.44. The van der Waals surface area contributed by atoms with E-state index in [4.69, 9.17) is 0 Å². The van der Waals surface area contributed by atoms with Crippen LogP contribution in [0.3, 0.4) is 0 Å². The number of carbonyl (C=O) groups excluding carboxylic acids is 1. The van der Waals surface area contributed by atoms with Gasteiger partial charge in [0.15, 0.2) is 0 Å². The van der Waals surface area contributed by atoms with Crippen molar-refractivity contribution in [2.24, 2.45) is 0 Å². The fourth-order valence-corrected chi connectivity index (χ4v) is 2.87. The Morgan fingerprint density at radius 1 is 1.15 bits per heavy atom. The lowest BCUT2D eigenvalue weighted by molar-refractivity contribution is 0.102. The summed E-state index contributed by atoms with van der Waals surface area (Å²) >= 11 is 0. The molecule has 0 saturated carbocycles. The Morgan fingerprint density at radius 3 is 2.58 bits per heavy atom. The van der Waals surface area contributed by atoms with Crippen LogP contribution < -0.4 is 15.5 Å². The quantitative estimate of drug-likeness (QED) is 0.784. The van der Waals surface area contributed by atoms with Crippen molar-refractivity contribution in [1.82, 2.24) is 9.88 Å². The molecule has 3 rings (SSSR count). The van der Waals surface area contributed by atoms with Gasteiger partial charge in [-0.1, -0.05) is 6.08 Å². The Kier molecular flexibility index (Phi) is 5.86. The average molecular weight is 351 g/mol. The molecule has 26 heavy (non-hydrogen) atoms. The first-order valence-corrected chi connectivity index (χ1v) is 8.81. The van der Waals surface area contributed by atoms with E-state index in [0.717, 1.165) is 37.6 Å². The zero-order valence-corrected chi connectivity index (χ0v) is 15.1. The first-order valence-electron chi connectivity index (χ1n) is 8.81. The highest BCUT2D eigenvalue weighted by atomic mass is 16.1. The fraction of sp³-hybridized carbons (Fsp3) is 0.300. The minimum absolute atomic E-state index is 0.223. The zero-order valence-electron chi connectivity index (χ0n) is 15.1. The third-order valence-corrected chi connectivity index (χ3v) is 4.44. The number of piperazine rings is 1. The summed E-state index contributed by atoms with van der Waals surface area (Å²) in [6.07, 6.45) is 3.39. The normalized spacial score (nSPS) is 14.7. The Bertz CT molecular complexity index is 751. The Morgan fingerprint density at radius 2 is 1.88 bits per heavy atom. The van der Waals surface area contributed by atoms with Gasteiger partial charge in [0, 0.05) is 56.0 Å². The van der Waals surface area contributed by atoms with Gasteiger partial charge in [0.1, 0.15) is 5.69 Å². The summed E-state index contributed by atoms with van der Waals surface area (Å²) < 4.78 is 0. The Labute approximate surface area is 154 Å². The molecule has 2 aromatic rings. The van der Waals surface area contributed by atoms with E-state index in [-0.39, 0.29) is 5.91 Å². The van der Waals surface area contributed by atoms with Gasteiger partial charge < -0.3 is 20.4 Å². The fourth-order valence-electron chi connectivity index (χ4n) is 2.87. The molecule has 0 bridgehead atoms. The second-order valence-electron chi connectivity index (χ2n) is 6.39. The van der Waals surface area contributed by atoms with Crippen LogP contribution >= 0.6 is 0 Å². The van der Waals surface area contributed by atoms with E-state index in [9.17, 15) is 4.79 Å². The molecule has 0 unspecified atom stereocenters. The molecule has 1 aliphatic rings. The van der Waals surface area contributed by atoms with Gasteiger partial charge in [-0.25, -0.2) is 0 Å². The number of anilines is 3. The van der Waals surface area contributed by atoms with E-state index < -0.39 is 0 Å². The predicted molar refractivity (Wildman–Crippen MR) is 107 cm³/mol. The molecule has 0 spiro atoms. The van der Waals surface area contributed by atoms with Crippen molar-refractivity contribution in [2.75, 3.05) is 55.3 Å². The minimum atomic E-state index is -0.223. The number of nitrogens with zero attached hydrogens (tertiary/aromatic N) is 3. The van der Waals surface area contributed by atoms with Crippen LogP contribution in [0.5, 0.6) is 0 Å². The summed E-state index contributed by atoms with van der Waals surface area (Å²) in [7, 11) is 2.14. The van der Waals surface area contributed by atoms with E-state index >= 15 is 0 Å². The van der Waals surface area contributed by atoms with Crippen LogP contribution in [0, 0.1) is 0 Å². The van der Waals surface area contributed by atoms with Crippen LogP contribution in [0.2, 0.25) is 0 Å². The second-order valence-corrected chi connectivity index (χ2v) is 6.39. The van der Waals surface area contributed by atoms with Gasteiger partial charge in [-0.2, -0.15) is 0 Å². The van der Waals surface area contributed by atoms with Gasteiger partial charge in [0.2, 0.25) is 0 Å². The lowest BCUT2D eigenvalue weighted by atomic mass is 10.2. The van der Waals surface area contributed by atoms with E-state index in [1.54, 1.807) is 18.3 Å². The lowest BCUT2D eigenvalue weighted by Gasteiger charge is -2.34. The highest BCUT2D eigenvalue weighted by molar-refractivity contribution is 6.03. The van der Waals surface area contributed by atoms with E-state index in [2.05, 4.69) is 51.2 Å². The third kappa shape index (κ3) is 4.61. The number of carbonyl (C=O) groups is 1. The van der Waals surface area contributed by atoms with Gasteiger partial charge in [-0.3, -0.25) is 9.78 Å². The van der Waals surface area contributed by atoms with Crippen molar-refractivity contribution in [3.8, 4) is 0 Å². The number of nitrogens with one attached hydrogen (secondary N) is 2. The molecular formula is C20H25N5O. The molecule has 0 aliphatic carbocycles. The van der Waals surface area contributed by atoms with Crippen LogP contribution in [0.25, 0.3) is 0 Å². The number of pyridine rings is 1. The van der Waals surface area contributed by atoms with Crippen LogP contribution in [0.4, 0.5) is 17.1 Å². The molecule has 6 nitrogen and oxygen atoms in total. The van der Waals surface area contributed by atoms with Crippen molar-refractivity contribution in [1.29, 1.82) is 0 Å². The maximum absolute atomic E-state index is 12.4. The van der Waals surface area contributed by atoms with Crippen molar-refractivity contribution in [3.05, 3.63) is 60.9 Å². The van der Waals surface area contributed by atoms with E-state index in [1.807, 2.05) is 18.2 Å². The van der Waals surface area contributed by atoms with E-state index in [0.29, 0.717) is 12.2 Å². The van der Waals surface area contributed by atoms with Crippen LogP contribution in [-0.2, 0) is 0 Å². The van der Waals surface area contributed by atoms with E-state index in [1.165, 1.54) is 5.69 Å². The maximum atomic E-state index is 12.4. The van der Waals surface area contributed by atoms with Crippen LogP contribution in [0.1, 0.15) is 10.5 Å². The number of amides is 1. The van der Waals surface area contributed by atoms with Crippen molar-refractivity contribution in [3.63, 3.8) is 0 Å². The van der Waals surface area contributed by atoms with Crippen LogP contribution in [0.15, 0.2) is 55.3 Å². The summed E-state index contributed by atoms with van der Waals surface area (Å²) in [5, 5.41) is 6.06. The first-order chi connectivity index (χ1) is 12.7. The highest BCUT2D eigenvalue weighted by Crippen LogP contribution is 2.20. The molecule has 1 fully saturated rings. The highest BCUT2D eigenvalue weighted by Gasteiger charge is 2.14. The van der Waals surface area contributed by atoms with Crippen molar-refractivity contribution in [2.45, 2.75) is 0 Å². The molecule has 2 N–H and O–H groups in total. The molecule has 1 aliphatic heterocycles. The minimum Gasteiger partial charge on any atom is -0.381 e. The average Bonchev–Trinajstić information content (AvgIpc) is 2.68. The standard InChI is InChI=1S/C20H25N5O/c1-3-9-21-17-8-10-22-19(15-17)20(26)23-16-4-6-18(7-5-16)25-13-11-24(2)12-14-25/h3-8,10,15H,1,9,11-14H2,2H3,(H,21,22)(H,23,26). The molecule has 2 heterocycles. The third-order valence-electron chi connectivity index (χ3n) is 4.44. The SMILES string of the molecule is C=CCNc1ccnc(C(=O)Nc2ccc(N3CCN(C)CC3)cc2)c1. The predicted octanol–water partition coefficient (Wildman–Crippen LogP) is 2.68. The van der Waals surface area contributed by atoms with Gasteiger partial charge in [-0.15, -0.1) is 6.58 Å². The monoisotopic (exact) mass is 351 g/mol. The van der Waals surface area contributed by atoms with Gasteiger partial charge >= 0.3 is 0 Å². The Hall–Kier alpha value is -2.86. The van der Waals surface area contributed by atoms with Crippen LogP contribution in [-0.4, -0.2) is 55.6 Å². The van der Waals surface area contributed by atoms with Crippen molar-refractivity contribution >= 4 is 23.0 Å². The zero-order chi connectivity index (χ0) is 18.4.